The second-order valence-electron chi connectivity index (χ2n) is 6.77. The highest BCUT2D eigenvalue weighted by Gasteiger charge is 2.09. The molecule has 6 nitrogen and oxygen atoms in total. The zero-order valence-electron chi connectivity index (χ0n) is 15.7. The van der Waals surface area contributed by atoms with Crippen molar-refractivity contribution in [2.45, 2.75) is 32.7 Å². The normalized spacial score (nSPS) is 10.7. The molecule has 1 amide bonds. The van der Waals surface area contributed by atoms with Crippen molar-refractivity contribution in [3.63, 3.8) is 0 Å². The van der Waals surface area contributed by atoms with E-state index >= 15 is 0 Å². The van der Waals surface area contributed by atoms with Crippen molar-refractivity contribution in [2.24, 2.45) is 0 Å². The third-order valence-corrected chi connectivity index (χ3v) is 4.56. The third kappa shape index (κ3) is 4.96. The van der Waals surface area contributed by atoms with Gasteiger partial charge >= 0.3 is 0 Å². The molecule has 2 heterocycles. The first kappa shape index (κ1) is 19.6. The lowest BCUT2D eigenvalue weighted by molar-refractivity contribution is -0.115. The maximum absolute atomic E-state index is 12.3. The molecule has 1 N–H and O–H groups in total. The molecule has 0 atom stereocenters. The van der Waals surface area contributed by atoms with Crippen LogP contribution in [-0.4, -0.2) is 20.7 Å². The Morgan fingerprint density at radius 2 is 1.96 bits per heavy atom. The van der Waals surface area contributed by atoms with Crippen LogP contribution >= 0.6 is 11.6 Å². The number of benzene rings is 1. The number of aromatic nitrogens is 3. The first-order valence-electron chi connectivity index (χ1n) is 8.92. The summed E-state index contributed by atoms with van der Waals surface area (Å²) in [5.41, 5.74) is 3.22. The molecule has 142 valence electrons. The molecule has 3 rings (SSSR count). The molecular weight excluding hydrogens is 374 g/mol. The molecule has 0 saturated heterocycles. The van der Waals surface area contributed by atoms with Crippen LogP contribution in [-0.2, 0) is 17.8 Å². The lowest BCUT2D eigenvalue weighted by atomic mass is 10.0. The number of carbonyl (C=O) groups is 1. The molecule has 2 aromatic heterocycles. The van der Waals surface area contributed by atoms with Crippen LogP contribution in [0, 0.1) is 11.3 Å². The Morgan fingerprint density at radius 3 is 2.61 bits per heavy atom. The zero-order valence-corrected chi connectivity index (χ0v) is 16.4. The molecule has 0 aliphatic heterocycles. The van der Waals surface area contributed by atoms with Crippen LogP contribution in [0.2, 0.25) is 5.15 Å². The van der Waals surface area contributed by atoms with Crippen molar-refractivity contribution >= 4 is 23.3 Å². The number of nitrogens with zero attached hydrogens (tertiary/aromatic N) is 4. The van der Waals surface area contributed by atoms with Gasteiger partial charge in [-0.15, -0.1) is 0 Å². The Balaban J connectivity index is 1.58. The summed E-state index contributed by atoms with van der Waals surface area (Å²) in [5.74, 6) is 0.818. The molecular formula is C21H20ClN5O. The first-order chi connectivity index (χ1) is 13.4. The van der Waals surface area contributed by atoms with Crippen molar-refractivity contribution in [1.82, 2.24) is 14.8 Å². The number of nitriles is 1. The Labute approximate surface area is 168 Å². The van der Waals surface area contributed by atoms with Gasteiger partial charge in [-0.2, -0.15) is 10.4 Å². The average molecular weight is 394 g/mol. The van der Waals surface area contributed by atoms with E-state index in [0.717, 1.165) is 5.56 Å². The van der Waals surface area contributed by atoms with Crippen LogP contribution in [0.1, 0.15) is 42.1 Å². The molecule has 0 spiro atoms. The molecule has 0 aliphatic carbocycles. The highest BCUT2D eigenvalue weighted by molar-refractivity contribution is 6.30. The summed E-state index contributed by atoms with van der Waals surface area (Å²) in [7, 11) is 0. The summed E-state index contributed by atoms with van der Waals surface area (Å²) in [6.45, 7) is 4.66. The van der Waals surface area contributed by atoms with Crippen LogP contribution in [0.3, 0.4) is 0 Å². The molecule has 0 bridgehead atoms. The van der Waals surface area contributed by atoms with Gasteiger partial charge in [0.2, 0.25) is 5.91 Å². The number of pyridine rings is 1. The van der Waals surface area contributed by atoms with Gasteiger partial charge in [0.15, 0.2) is 5.82 Å². The summed E-state index contributed by atoms with van der Waals surface area (Å²) in [5, 5.41) is 16.2. The molecule has 1 aromatic carbocycles. The van der Waals surface area contributed by atoms with Gasteiger partial charge in [0, 0.05) is 12.3 Å². The summed E-state index contributed by atoms with van der Waals surface area (Å²) in [4.78, 5) is 16.4. The van der Waals surface area contributed by atoms with Crippen molar-refractivity contribution in [1.29, 1.82) is 5.26 Å². The van der Waals surface area contributed by atoms with Gasteiger partial charge in [-0.05, 0) is 29.2 Å². The first-order valence-corrected chi connectivity index (χ1v) is 9.30. The van der Waals surface area contributed by atoms with Crippen LogP contribution in [0.15, 0.2) is 48.7 Å². The Morgan fingerprint density at radius 1 is 1.21 bits per heavy atom. The third-order valence-electron chi connectivity index (χ3n) is 4.27. The number of carbonyl (C=O) groups excluding carboxylic acids is 1. The summed E-state index contributed by atoms with van der Waals surface area (Å²) < 4.78 is 1.65. The van der Waals surface area contributed by atoms with E-state index in [1.54, 1.807) is 29.1 Å². The summed E-state index contributed by atoms with van der Waals surface area (Å²) in [6, 6.07) is 15.1. The standard InChI is InChI=1S/C21H20ClN5O/c1-14(2)16-5-3-15(4-6-16)11-20(28)25-19-9-10-27(26-19)13-18-8-7-17(12-23)21(22)24-18/h3-10,14H,11,13H2,1-2H3,(H,25,26,28). The fraction of sp³-hybridized carbons (Fsp3) is 0.238. The molecule has 3 aromatic rings. The molecule has 28 heavy (non-hydrogen) atoms. The maximum Gasteiger partial charge on any atom is 0.229 e. The molecule has 0 radical (unpaired) electrons. The van der Waals surface area contributed by atoms with Gasteiger partial charge in [0.1, 0.15) is 11.2 Å². The quantitative estimate of drug-likeness (QED) is 0.637. The van der Waals surface area contributed by atoms with Gasteiger partial charge in [-0.3, -0.25) is 9.48 Å². The largest absolute Gasteiger partial charge is 0.309 e. The van der Waals surface area contributed by atoms with Crippen LogP contribution in [0.25, 0.3) is 0 Å². The van der Waals surface area contributed by atoms with Gasteiger partial charge in [-0.25, -0.2) is 4.98 Å². The molecule has 0 fully saturated rings. The second kappa shape index (κ2) is 8.68. The van der Waals surface area contributed by atoms with Gasteiger partial charge in [-0.1, -0.05) is 49.7 Å². The van der Waals surface area contributed by atoms with Crippen molar-refractivity contribution < 1.29 is 4.79 Å². The number of nitrogens with one attached hydrogen (secondary N) is 1. The van der Waals surface area contributed by atoms with E-state index in [1.165, 1.54) is 5.56 Å². The number of halogens is 1. The number of rotatable bonds is 6. The van der Waals surface area contributed by atoms with Crippen LogP contribution < -0.4 is 5.32 Å². The van der Waals surface area contributed by atoms with Gasteiger partial charge in [0.25, 0.3) is 0 Å². The summed E-state index contributed by atoms with van der Waals surface area (Å²) >= 11 is 5.95. The van der Waals surface area contributed by atoms with Crippen molar-refractivity contribution in [3.8, 4) is 6.07 Å². The van der Waals surface area contributed by atoms with Gasteiger partial charge in [0.05, 0.1) is 24.2 Å². The number of amides is 1. The van der Waals surface area contributed by atoms with E-state index in [-0.39, 0.29) is 17.5 Å². The van der Waals surface area contributed by atoms with Crippen LogP contribution in [0.4, 0.5) is 5.82 Å². The fourth-order valence-corrected chi connectivity index (χ4v) is 2.93. The van der Waals surface area contributed by atoms with E-state index < -0.39 is 0 Å². The minimum Gasteiger partial charge on any atom is -0.309 e. The summed E-state index contributed by atoms with van der Waals surface area (Å²) in [6.07, 6.45) is 2.04. The van der Waals surface area contributed by atoms with Crippen LogP contribution in [0.5, 0.6) is 0 Å². The van der Waals surface area contributed by atoms with Crippen molar-refractivity contribution in [2.75, 3.05) is 5.32 Å². The lowest BCUT2D eigenvalue weighted by Crippen LogP contribution is -2.15. The predicted molar refractivity (Wildman–Crippen MR) is 108 cm³/mol. The number of anilines is 1. The maximum atomic E-state index is 12.3. The van der Waals surface area contributed by atoms with E-state index in [9.17, 15) is 4.79 Å². The molecule has 0 unspecified atom stereocenters. The Bertz CT molecular complexity index is 1020. The minimum atomic E-state index is -0.123. The van der Waals surface area contributed by atoms with E-state index in [0.29, 0.717) is 29.5 Å². The monoisotopic (exact) mass is 393 g/mol. The van der Waals surface area contributed by atoms with E-state index in [1.807, 2.05) is 18.2 Å². The fourth-order valence-electron chi connectivity index (χ4n) is 2.72. The van der Waals surface area contributed by atoms with E-state index in [4.69, 9.17) is 16.9 Å². The SMILES string of the molecule is CC(C)c1ccc(CC(=O)Nc2ccn(Cc3ccc(C#N)c(Cl)n3)n2)cc1. The second-order valence-corrected chi connectivity index (χ2v) is 7.13. The topological polar surface area (TPSA) is 83.6 Å². The zero-order chi connectivity index (χ0) is 20.1. The minimum absolute atomic E-state index is 0.123. The highest BCUT2D eigenvalue weighted by atomic mass is 35.5. The highest BCUT2D eigenvalue weighted by Crippen LogP contribution is 2.16. The number of hydrogen-bond donors (Lipinski definition) is 1. The number of hydrogen-bond acceptors (Lipinski definition) is 4. The lowest BCUT2D eigenvalue weighted by Gasteiger charge is -2.07. The van der Waals surface area contributed by atoms with E-state index in [2.05, 4.69) is 41.4 Å². The smallest absolute Gasteiger partial charge is 0.229 e. The van der Waals surface area contributed by atoms with Gasteiger partial charge < -0.3 is 5.32 Å². The molecule has 0 aliphatic rings. The Hall–Kier alpha value is -3.17. The van der Waals surface area contributed by atoms with Crippen molar-refractivity contribution in [3.05, 3.63) is 76.2 Å². The Kier molecular flexibility index (Phi) is 6.07. The average Bonchev–Trinajstić information content (AvgIpc) is 3.09. The predicted octanol–water partition coefficient (Wildman–Crippen LogP) is 4.16. The molecule has 7 heteroatoms. The molecule has 0 saturated carbocycles.